The second-order valence-corrected chi connectivity index (χ2v) is 6.76. The molecule has 0 aromatic heterocycles. The van der Waals surface area contributed by atoms with E-state index in [1.165, 1.54) is 19.2 Å². The van der Waals surface area contributed by atoms with E-state index in [0.29, 0.717) is 11.1 Å². The molecule has 1 aromatic rings. The van der Waals surface area contributed by atoms with Crippen LogP contribution in [-0.4, -0.2) is 48.6 Å². The van der Waals surface area contributed by atoms with E-state index in [1.54, 1.807) is 20.8 Å². The molecule has 1 rings (SSSR count). The number of aliphatic hydroxyl groups is 1. The van der Waals surface area contributed by atoms with Gasteiger partial charge in [0.2, 0.25) is 10.0 Å². The summed E-state index contributed by atoms with van der Waals surface area (Å²) < 4.78 is 26.0. The van der Waals surface area contributed by atoms with Gasteiger partial charge in [-0.2, -0.15) is 4.31 Å². The summed E-state index contributed by atoms with van der Waals surface area (Å²) in [6.45, 7) is 4.49. The molecule has 1 atom stereocenters. The highest BCUT2D eigenvalue weighted by atomic mass is 32.2. The van der Waals surface area contributed by atoms with Crippen LogP contribution in [0.3, 0.4) is 0 Å². The Balaban J connectivity index is 3.46. The van der Waals surface area contributed by atoms with Gasteiger partial charge in [0.05, 0.1) is 17.1 Å². The zero-order chi connectivity index (χ0) is 15.7. The summed E-state index contributed by atoms with van der Waals surface area (Å²) in [6, 6.07) is 2.12. The van der Waals surface area contributed by atoms with E-state index in [0.717, 1.165) is 4.31 Å². The lowest BCUT2D eigenvalue weighted by Gasteiger charge is -2.24. The molecular formula is C13H19NO5S. The fraction of sp³-hybridized carbons (Fsp3) is 0.462. The number of hydrogen-bond donors (Lipinski definition) is 2. The molecule has 0 heterocycles. The molecule has 1 aromatic carbocycles. The predicted molar refractivity (Wildman–Crippen MR) is 74.4 cm³/mol. The Kier molecular flexibility index (Phi) is 4.90. The Morgan fingerprint density at radius 2 is 1.85 bits per heavy atom. The van der Waals surface area contributed by atoms with Crippen molar-refractivity contribution in [2.24, 2.45) is 0 Å². The number of hydrogen-bond acceptors (Lipinski definition) is 4. The molecule has 0 aliphatic carbocycles. The number of aromatic carboxylic acids is 1. The summed E-state index contributed by atoms with van der Waals surface area (Å²) >= 11 is 0. The van der Waals surface area contributed by atoms with Gasteiger partial charge in [0.15, 0.2) is 0 Å². The van der Waals surface area contributed by atoms with E-state index < -0.39 is 22.0 Å². The van der Waals surface area contributed by atoms with Crippen molar-refractivity contribution in [1.82, 2.24) is 4.31 Å². The summed E-state index contributed by atoms with van der Waals surface area (Å²) in [5, 5.41) is 18.2. The average molecular weight is 301 g/mol. The molecule has 0 radical (unpaired) electrons. The Morgan fingerprint density at radius 1 is 1.30 bits per heavy atom. The topological polar surface area (TPSA) is 94.9 Å². The fourth-order valence-electron chi connectivity index (χ4n) is 1.85. The van der Waals surface area contributed by atoms with E-state index in [2.05, 4.69) is 0 Å². The monoisotopic (exact) mass is 301 g/mol. The summed E-state index contributed by atoms with van der Waals surface area (Å²) in [5.41, 5.74) is 0.940. The molecule has 0 bridgehead atoms. The minimum absolute atomic E-state index is 0.0424. The first-order valence-electron chi connectivity index (χ1n) is 6.06. The van der Waals surface area contributed by atoms with Gasteiger partial charge >= 0.3 is 5.97 Å². The molecule has 0 amide bonds. The van der Waals surface area contributed by atoms with Crippen molar-refractivity contribution in [3.05, 3.63) is 28.8 Å². The molecule has 0 saturated carbocycles. The van der Waals surface area contributed by atoms with Gasteiger partial charge in [0.1, 0.15) is 0 Å². The van der Waals surface area contributed by atoms with Gasteiger partial charge in [0, 0.05) is 13.1 Å². The van der Waals surface area contributed by atoms with Crippen LogP contribution in [0, 0.1) is 13.8 Å². The Bertz CT molecular complexity index is 624. The molecule has 20 heavy (non-hydrogen) atoms. The third-order valence-electron chi connectivity index (χ3n) is 3.29. The van der Waals surface area contributed by atoms with Crippen molar-refractivity contribution < 1.29 is 23.4 Å². The Labute approximate surface area is 118 Å². The van der Waals surface area contributed by atoms with Crippen LogP contribution in [0.1, 0.15) is 28.4 Å². The molecule has 0 fully saturated rings. The highest BCUT2D eigenvalue weighted by molar-refractivity contribution is 7.89. The first kappa shape index (κ1) is 16.6. The summed E-state index contributed by atoms with van der Waals surface area (Å²) in [7, 11) is -2.49. The molecule has 0 spiro atoms. The van der Waals surface area contributed by atoms with Crippen molar-refractivity contribution in [3.8, 4) is 0 Å². The first-order valence-corrected chi connectivity index (χ1v) is 7.50. The summed E-state index contributed by atoms with van der Waals surface area (Å²) in [6.07, 6.45) is 0. The third-order valence-corrected chi connectivity index (χ3v) is 5.41. The summed E-state index contributed by atoms with van der Waals surface area (Å²) in [4.78, 5) is 11.1. The number of carbonyl (C=O) groups is 1. The second-order valence-electron chi connectivity index (χ2n) is 4.79. The quantitative estimate of drug-likeness (QED) is 0.846. The smallest absolute Gasteiger partial charge is 0.335 e. The number of likely N-dealkylation sites (N-methyl/N-ethyl adjacent to an activating group) is 1. The van der Waals surface area contributed by atoms with Crippen LogP contribution >= 0.6 is 0 Å². The maximum Gasteiger partial charge on any atom is 0.335 e. The van der Waals surface area contributed by atoms with E-state index in [-0.39, 0.29) is 17.1 Å². The second kappa shape index (κ2) is 5.90. The minimum atomic E-state index is -3.84. The van der Waals surface area contributed by atoms with Crippen molar-refractivity contribution >= 4 is 16.0 Å². The van der Waals surface area contributed by atoms with Crippen molar-refractivity contribution in [2.75, 3.05) is 13.7 Å². The van der Waals surface area contributed by atoms with Gasteiger partial charge in [0.25, 0.3) is 0 Å². The largest absolute Gasteiger partial charge is 0.478 e. The standard InChI is InChI=1S/C13H19NO5S/c1-8-5-9(2)12(6-11(8)13(16)17)20(18,19)14(4)10(3)7-15/h5-6,10,15H,7H2,1-4H3,(H,16,17). The van der Waals surface area contributed by atoms with Gasteiger partial charge in [-0.15, -0.1) is 0 Å². The van der Waals surface area contributed by atoms with Crippen molar-refractivity contribution in [3.63, 3.8) is 0 Å². The molecule has 0 aliphatic rings. The number of aryl methyl sites for hydroxylation is 2. The highest BCUT2D eigenvalue weighted by Gasteiger charge is 2.28. The number of rotatable bonds is 5. The van der Waals surface area contributed by atoms with Gasteiger partial charge in [-0.1, -0.05) is 6.07 Å². The predicted octanol–water partition coefficient (Wildman–Crippen LogP) is 1.00. The van der Waals surface area contributed by atoms with Gasteiger partial charge in [-0.25, -0.2) is 13.2 Å². The normalized spacial score (nSPS) is 13.5. The number of carboxylic acids is 1. The van der Waals surface area contributed by atoms with Crippen LogP contribution in [0.25, 0.3) is 0 Å². The molecule has 2 N–H and O–H groups in total. The fourth-order valence-corrected chi connectivity index (χ4v) is 3.43. The number of sulfonamides is 1. The van der Waals surface area contributed by atoms with E-state index >= 15 is 0 Å². The van der Waals surface area contributed by atoms with Crippen LogP contribution < -0.4 is 0 Å². The number of nitrogens with zero attached hydrogens (tertiary/aromatic N) is 1. The van der Waals surface area contributed by atoms with Gasteiger partial charge < -0.3 is 10.2 Å². The average Bonchev–Trinajstić information content (AvgIpc) is 2.35. The maximum absolute atomic E-state index is 12.5. The Hall–Kier alpha value is -1.44. The lowest BCUT2D eigenvalue weighted by Crippen LogP contribution is -2.37. The van der Waals surface area contributed by atoms with Crippen LogP contribution in [0.15, 0.2) is 17.0 Å². The lowest BCUT2D eigenvalue weighted by atomic mass is 10.1. The van der Waals surface area contributed by atoms with Crippen LogP contribution in [0.5, 0.6) is 0 Å². The van der Waals surface area contributed by atoms with Crippen molar-refractivity contribution in [2.45, 2.75) is 31.7 Å². The number of aliphatic hydroxyl groups excluding tert-OH is 1. The lowest BCUT2D eigenvalue weighted by molar-refractivity contribution is 0.0696. The van der Waals surface area contributed by atoms with Gasteiger partial charge in [-0.3, -0.25) is 0 Å². The molecule has 1 unspecified atom stereocenters. The molecule has 0 saturated heterocycles. The first-order chi connectivity index (χ1) is 9.12. The third kappa shape index (κ3) is 3.00. The Morgan fingerprint density at radius 3 is 2.30 bits per heavy atom. The van der Waals surface area contributed by atoms with E-state index in [1.807, 2.05) is 0 Å². The van der Waals surface area contributed by atoms with Crippen LogP contribution in [-0.2, 0) is 10.0 Å². The number of carboxylic acid groups (broad SMARTS) is 1. The minimum Gasteiger partial charge on any atom is -0.478 e. The van der Waals surface area contributed by atoms with Crippen LogP contribution in [0.2, 0.25) is 0 Å². The highest BCUT2D eigenvalue weighted by Crippen LogP contribution is 2.24. The van der Waals surface area contributed by atoms with E-state index in [9.17, 15) is 13.2 Å². The molecule has 112 valence electrons. The molecule has 7 heteroatoms. The summed E-state index contributed by atoms with van der Waals surface area (Å²) in [5.74, 6) is -1.17. The van der Waals surface area contributed by atoms with Crippen LogP contribution in [0.4, 0.5) is 0 Å². The maximum atomic E-state index is 12.5. The molecule has 0 aliphatic heterocycles. The zero-order valence-electron chi connectivity index (χ0n) is 11.9. The van der Waals surface area contributed by atoms with Crippen molar-refractivity contribution in [1.29, 1.82) is 0 Å². The SMILES string of the molecule is Cc1cc(C)c(S(=O)(=O)N(C)C(C)CO)cc1C(=O)O. The number of benzene rings is 1. The molecule has 6 nitrogen and oxygen atoms in total. The zero-order valence-corrected chi connectivity index (χ0v) is 12.7. The van der Waals surface area contributed by atoms with E-state index in [4.69, 9.17) is 10.2 Å². The molecular weight excluding hydrogens is 282 g/mol. The van der Waals surface area contributed by atoms with Gasteiger partial charge in [-0.05, 0) is 38.0 Å².